The molecule has 1 aromatic heterocycles. The number of halogens is 2. The molecule has 1 amide bonds. The van der Waals surface area contributed by atoms with Gasteiger partial charge in [0, 0.05) is 5.56 Å². The summed E-state index contributed by atoms with van der Waals surface area (Å²) >= 11 is 5.96. The highest BCUT2D eigenvalue weighted by Gasteiger charge is 2.14. The molecule has 0 spiro atoms. The molecule has 10 heteroatoms. The summed E-state index contributed by atoms with van der Waals surface area (Å²) < 4.78 is 23.6. The average molecular weight is 390 g/mol. The number of hydrogen-bond donors (Lipinski definition) is 2. The average Bonchev–Trinajstić information content (AvgIpc) is 3.08. The highest BCUT2D eigenvalue weighted by atomic mass is 35.5. The largest absolute Gasteiger partial charge is 0.489 e. The molecule has 0 aliphatic heterocycles. The molecule has 138 valence electrons. The van der Waals surface area contributed by atoms with Crippen LogP contribution in [0.3, 0.4) is 0 Å². The van der Waals surface area contributed by atoms with Gasteiger partial charge in [-0.05, 0) is 52.3 Å². The van der Waals surface area contributed by atoms with E-state index in [1.54, 1.807) is 30.3 Å². The van der Waals surface area contributed by atoms with E-state index in [0.29, 0.717) is 16.3 Å². The van der Waals surface area contributed by atoms with Crippen LogP contribution in [0.5, 0.6) is 5.75 Å². The topological polar surface area (TPSA) is 116 Å². The van der Waals surface area contributed by atoms with Gasteiger partial charge in [0.15, 0.2) is 0 Å². The lowest BCUT2D eigenvalue weighted by Gasteiger charge is -2.08. The molecule has 0 saturated heterocycles. The maximum Gasteiger partial charge on any atom is 0.297 e. The second-order valence-corrected chi connectivity index (χ2v) is 5.66. The first kappa shape index (κ1) is 18.3. The molecular formula is C17H13ClFN5O3. The van der Waals surface area contributed by atoms with Gasteiger partial charge in [0.05, 0.1) is 11.2 Å². The van der Waals surface area contributed by atoms with E-state index in [0.717, 1.165) is 0 Å². The van der Waals surface area contributed by atoms with Crippen molar-refractivity contribution < 1.29 is 18.6 Å². The molecule has 3 N–H and O–H groups in total. The van der Waals surface area contributed by atoms with E-state index >= 15 is 0 Å². The summed E-state index contributed by atoms with van der Waals surface area (Å²) in [4.78, 5) is 11.7. The van der Waals surface area contributed by atoms with E-state index in [1.807, 2.05) is 0 Å². The van der Waals surface area contributed by atoms with Crippen LogP contribution >= 0.6 is 11.6 Å². The Hall–Kier alpha value is -3.46. The molecule has 0 radical (unpaired) electrons. The first-order chi connectivity index (χ1) is 13.0. The molecule has 0 aliphatic rings. The number of rotatable bonds is 6. The zero-order valence-electron chi connectivity index (χ0n) is 13.7. The summed E-state index contributed by atoms with van der Waals surface area (Å²) in [6, 6.07) is 11.2. The molecule has 0 fully saturated rings. The summed E-state index contributed by atoms with van der Waals surface area (Å²) in [6.45, 7) is 0.00214. The van der Waals surface area contributed by atoms with E-state index in [-0.39, 0.29) is 23.7 Å². The number of aromatic nitrogens is 2. The van der Waals surface area contributed by atoms with Crippen LogP contribution in [0.4, 0.5) is 10.2 Å². The van der Waals surface area contributed by atoms with Crippen LogP contribution in [0.25, 0.3) is 0 Å². The molecular weight excluding hydrogens is 377 g/mol. The Morgan fingerprint density at radius 2 is 2.07 bits per heavy atom. The number of anilines is 1. The van der Waals surface area contributed by atoms with Crippen molar-refractivity contribution in [1.82, 2.24) is 15.7 Å². The summed E-state index contributed by atoms with van der Waals surface area (Å²) in [5.41, 5.74) is 8.48. The minimum atomic E-state index is -0.647. The van der Waals surface area contributed by atoms with Crippen LogP contribution in [0, 0.1) is 5.82 Å². The van der Waals surface area contributed by atoms with Gasteiger partial charge in [-0.3, -0.25) is 4.79 Å². The van der Waals surface area contributed by atoms with Gasteiger partial charge < -0.3 is 10.5 Å². The predicted octanol–water partition coefficient (Wildman–Crippen LogP) is 2.79. The van der Waals surface area contributed by atoms with Crippen molar-refractivity contribution in [1.29, 1.82) is 0 Å². The van der Waals surface area contributed by atoms with Gasteiger partial charge in [-0.2, -0.15) is 5.10 Å². The summed E-state index contributed by atoms with van der Waals surface area (Å²) in [6.07, 6.45) is 1.42. The van der Waals surface area contributed by atoms with E-state index < -0.39 is 11.7 Å². The number of benzene rings is 2. The third-order valence-electron chi connectivity index (χ3n) is 3.43. The van der Waals surface area contributed by atoms with Crippen molar-refractivity contribution in [3.63, 3.8) is 0 Å². The standard InChI is InChI=1S/C17H13ClFN5O3/c18-13-2-1-3-14(19)12(13)9-26-11-6-4-10(5-7-11)8-21-22-17(25)15-16(20)24-27-23-15/h1-8H,9H2,(H2,20,24)(H,22,25)/b21-8-. The maximum absolute atomic E-state index is 13.7. The number of nitrogen functional groups attached to an aromatic ring is 1. The zero-order valence-corrected chi connectivity index (χ0v) is 14.5. The molecule has 0 atom stereocenters. The third kappa shape index (κ3) is 4.59. The van der Waals surface area contributed by atoms with Gasteiger partial charge >= 0.3 is 0 Å². The normalized spacial score (nSPS) is 10.9. The molecule has 1 heterocycles. The van der Waals surface area contributed by atoms with Crippen molar-refractivity contribution in [2.24, 2.45) is 5.10 Å². The van der Waals surface area contributed by atoms with E-state index in [9.17, 15) is 9.18 Å². The molecule has 2 aromatic carbocycles. The van der Waals surface area contributed by atoms with Crippen LogP contribution in [0.15, 0.2) is 52.2 Å². The molecule has 0 aliphatic carbocycles. The zero-order chi connectivity index (χ0) is 19.2. The first-order valence-corrected chi connectivity index (χ1v) is 7.99. The minimum Gasteiger partial charge on any atom is -0.489 e. The van der Waals surface area contributed by atoms with Crippen LogP contribution in [0.1, 0.15) is 21.6 Å². The minimum absolute atomic E-state index is 0.00214. The Morgan fingerprint density at radius 3 is 2.74 bits per heavy atom. The number of hydrogen-bond acceptors (Lipinski definition) is 7. The summed E-state index contributed by atoms with van der Waals surface area (Å²) in [5, 5.41) is 10.7. The van der Waals surface area contributed by atoms with Crippen molar-refractivity contribution in [2.75, 3.05) is 5.73 Å². The molecule has 8 nitrogen and oxygen atoms in total. The second kappa shape index (κ2) is 8.28. The van der Waals surface area contributed by atoms with Crippen molar-refractivity contribution in [3.05, 3.63) is 70.1 Å². The number of ether oxygens (including phenoxy) is 1. The van der Waals surface area contributed by atoms with Crippen molar-refractivity contribution in [2.45, 2.75) is 6.61 Å². The summed E-state index contributed by atoms with van der Waals surface area (Å²) in [7, 11) is 0. The highest BCUT2D eigenvalue weighted by Crippen LogP contribution is 2.21. The number of amides is 1. The van der Waals surface area contributed by atoms with Gasteiger partial charge in [0.2, 0.25) is 11.5 Å². The van der Waals surface area contributed by atoms with Crippen LogP contribution < -0.4 is 15.9 Å². The van der Waals surface area contributed by atoms with Crippen LogP contribution in [0.2, 0.25) is 5.02 Å². The monoisotopic (exact) mass is 389 g/mol. The van der Waals surface area contributed by atoms with Crippen LogP contribution in [-0.4, -0.2) is 22.4 Å². The predicted molar refractivity (Wildman–Crippen MR) is 96.0 cm³/mol. The molecule has 3 aromatic rings. The second-order valence-electron chi connectivity index (χ2n) is 5.26. The molecule has 3 rings (SSSR count). The lowest BCUT2D eigenvalue weighted by Crippen LogP contribution is -2.19. The Labute approximate surface area is 157 Å². The van der Waals surface area contributed by atoms with Gasteiger partial charge in [-0.15, -0.1) is 0 Å². The SMILES string of the molecule is Nc1nonc1C(=O)N/N=C\c1ccc(OCc2c(F)cccc2Cl)cc1. The summed E-state index contributed by atoms with van der Waals surface area (Å²) in [5.74, 6) is -0.673. The number of hydrazone groups is 1. The molecule has 27 heavy (non-hydrogen) atoms. The quantitative estimate of drug-likeness (QED) is 0.494. The fraction of sp³-hybridized carbons (Fsp3) is 0.0588. The van der Waals surface area contributed by atoms with Gasteiger partial charge in [-0.1, -0.05) is 17.7 Å². The maximum atomic E-state index is 13.7. The lowest BCUT2D eigenvalue weighted by molar-refractivity contribution is 0.0946. The Bertz CT molecular complexity index is 955. The number of nitrogens with one attached hydrogen (secondary N) is 1. The smallest absolute Gasteiger partial charge is 0.297 e. The van der Waals surface area contributed by atoms with Crippen molar-refractivity contribution in [3.8, 4) is 5.75 Å². The molecule has 0 unspecified atom stereocenters. The lowest BCUT2D eigenvalue weighted by atomic mass is 10.2. The van der Waals surface area contributed by atoms with E-state index in [2.05, 4.69) is 25.5 Å². The van der Waals surface area contributed by atoms with E-state index in [4.69, 9.17) is 22.1 Å². The van der Waals surface area contributed by atoms with Crippen molar-refractivity contribution >= 4 is 29.5 Å². The Kier molecular flexibility index (Phi) is 5.62. The van der Waals surface area contributed by atoms with Gasteiger partial charge in [0.1, 0.15) is 18.2 Å². The van der Waals surface area contributed by atoms with Crippen LogP contribution in [-0.2, 0) is 6.61 Å². The van der Waals surface area contributed by atoms with Gasteiger partial charge in [0.25, 0.3) is 5.91 Å². The molecule has 0 saturated carbocycles. The Balaban J connectivity index is 1.56. The number of nitrogens with two attached hydrogens (primary N) is 1. The third-order valence-corrected chi connectivity index (χ3v) is 3.79. The highest BCUT2D eigenvalue weighted by molar-refractivity contribution is 6.31. The Morgan fingerprint density at radius 1 is 1.30 bits per heavy atom. The van der Waals surface area contributed by atoms with E-state index in [1.165, 1.54) is 18.3 Å². The molecule has 0 bridgehead atoms. The first-order valence-electron chi connectivity index (χ1n) is 7.62. The number of nitrogens with zero attached hydrogens (tertiary/aromatic N) is 3. The number of carbonyl (C=O) groups is 1. The fourth-order valence-electron chi connectivity index (χ4n) is 2.05. The number of carbonyl (C=O) groups excluding carboxylic acids is 1. The van der Waals surface area contributed by atoms with Gasteiger partial charge in [-0.25, -0.2) is 14.4 Å². The fourth-order valence-corrected chi connectivity index (χ4v) is 2.26.